The zero-order valence-corrected chi connectivity index (χ0v) is 14.7. The first-order valence-corrected chi connectivity index (χ1v) is 9.22. The van der Waals surface area contributed by atoms with Gasteiger partial charge in [-0.25, -0.2) is 14.6 Å². The van der Waals surface area contributed by atoms with Crippen LogP contribution in [0.3, 0.4) is 0 Å². The van der Waals surface area contributed by atoms with Gasteiger partial charge in [0.05, 0.1) is 11.0 Å². The summed E-state index contributed by atoms with van der Waals surface area (Å²) in [6.45, 7) is 0.944. The van der Waals surface area contributed by atoms with Crippen molar-refractivity contribution >= 4 is 32.8 Å². The van der Waals surface area contributed by atoms with Crippen molar-refractivity contribution in [1.82, 2.24) is 19.7 Å². The number of halogens is 1. The average Bonchev–Trinajstić information content (AvgIpc) is 2.97. The van der Waals surface area contributed by atoms with Crippen molar-refractivity contribution in [2.75, 3.05) is 11.9 Å². The van der Waals surface area contributed by atoms with Crippen LogP contribution in [0.4, 0.5) is 5.82 Å². The molecule has 0 aromatic carbocycles. The SMILES string of the molecule is Cn1nc(Br)c2c(NC3CCCC45OCCC4CC35)ncnc21. The lowest BCUT2D eigenvalue weighted by molar-refractivity contribution is -0.160. The van der Waals surface area contributed by atoms with Gasteiger partial charge in [-0.1, -0.05) is 0 Å². The third-order valence-corrected chi connectivity index (χ3v) is 6.72. The van der Waals surface area contributed by atoms with E-state index in [1.54, 1.807) is 11.0 Å². The highest BCUT2D eigenvalue weighted by molar-refractivity contribution is 9.10. The molecule has 23 heavy (non-hydrogen) atoms. The van der Waals surface area contributed by atoms with E-state index in [4.69, 9.17) is 4.74 Å². The zero-order chi connectivity index (χ0) is 15.6. The fourth-order valence-electron chi connectivity index (χ4n) is 5.09. The maximum atomic E-state index is 6.23. The summed E-state index contributed by atoms with van der Waals surface area (Å²) in [6, 6.07) is 0.434. The van der Waals surface area contributed by atoms with Crippen LogP contribution in [0.15, 0.2) is 10.9 Å². The first-order valence-electron chi connectivity index (χ1n) is 8.43. The summed E-state index contributed by atoms with van der Waals surface area (Å²) >= 11 is 3.54. The number of aromatic nitrogens is 4. The Balaban J connectivity index is 1.48. The van der Waals surface area contributed by atoms with Gasteiger partial charge < -0.3 is 10.1 Å². The van der Waals surface area contributed by atoms with Crippen LogP contribution in [0.2, 0.25) is 0 Å². The Hall–Kier alpha value is -1.21. The van der Waals surface area contributed by atoms with Crippen molar-refractivity contribution in [3.63, 3.8) is 0 Å². The van der Waals surface area contributed by atoms with Crippen molar-refractivity contribution in [1.29, 1.82) is 0 Å². The van der Waals surface area contributed by atoms with Crippen LogP contribution in [0.1, 0.15) is 32.1 Å². The molecular weight excluding hydrogens is 358 g/mol. The molecule has 7 heteroatoms. The van der Waals surface area contributed by atoms with E-state index in [0.29, 0.717) is 12.0 Å². The molecule has 1 spiro atoms. The monoisotopic (exact) mass is 377 g/mol. The number of nitrogens with zero attached hydrogens (tertiary/aromatic N) is 4. The summed E-state index contributed by atoms with van der Waals surface area (Å²) in [5.74, 6) is 2.29. The van der Waals surface area contributed by atoms with Gasteiger partial charge in [0.15, 0.2) is 5.65 Å². The molecule has 4 unspecified atom stereocenters. The van der Waals surface area contributed by atoms with Crippen LogP contribution in [0, 0.1) is 11.8 Å². The quantitative estimate of drug-likeness (QED) is 0.871. The van der Waals surface area contributed by atoms with Crippen LogP contribution in [-0.2, 0) is 11.8 Å². The van der Waals surface area contributed by atoms with Gasteiger partial charge >= 0.3 is 0 Å². The first kappa shape index (κ1) is 14.2. The van der Waals surface area contributed by atoms with Gasteiger partial charge in [0.25, 0.3) is 0 Å². The molecule has 3 heterocycles. The molecule has 2 saturated carbocycles. The molecule has 3 fully saturated rings. The predicted molar refractivity (Wildman–Crippen MR) is 90.2 cm³/mol. The van der Waals surface area contributed by atoms with Gasteiger partial charge in [-0.05, 0) is 54.0 Å². The molecule has 1 saturated heterocycles. The second kappa shape index (κ2) is 4.89. The summed E-state index contributed by atoms with van der Waals surface area (Å²) in [4.78, 5) is 8.85. The van der Waals surface area contributed by atoms with E-state index in [1.165, 1.54) is 32.1 Å². The second-order valence-corrected chi connectivity index (χ2v) is 7.86. The standard InChI is InChI=1S/C16H20BrN5O/c1-22-15-12(13(17)21-22)14(18-8-19-15)20-11-3-2-5-16-9(4-6-23-16)7-10(11)16/h8-11H,2-7H2,1H3,(H,18,19,20). The minimum atomic E-state index is 0.161. The van der Waals surface area contributed by atoms with E-state index in [1.807, 2.05) is 7.05 Å². The van der Waals surface area contributed by atoms with Gasteiger partial charge in [0.2, 0.25) is 0 Å². The highest BCUT2D eigenvalue weighted by Crippen LogP contribution is 2.59. The van der Waals surface area contributed by atoms with Gasteiger partial charge in [-0.15, -0.1) is 0 Å². The van der Waals surface area contributed by atoms with E-state index in [-0.39, 0.29) is 5.60 Å². The molecule has 2 aromatic rings. The van der Waals surface area contributed by atoms with Gasteiger partial charge in [0, 0.05) is 25.6 Å². The fourth-order valence-corrected chi connectivity index (χ4v) is 5.69. The number of anilines is 1. The van der Waals surface area contributed by atoms with Crippen molar-refractivity contribution in [2.45, 2.75) is 43.7 Å². The van der Waals surface area contributed by atoms with Gasteiger partial charge in [-0.3, -0.25) is 0 Å². The lowest BCUT2D eigenvalue weighted by atomic mass is 9.53. The summed E-state index contributed by atoms with van der Waals surface area (Å²) in [5.41, 5.74) is 1.01. The van der Waals surface area contributed by atoms with E-state index in [2.05, 4.69) is 36.3 Å². The van der Waals surface area contributed by atoms with Crippen molar-refractivity contribution in [3.05, 3.63) is 10.9 Å². The number of nitrogens with one attached hydrogen (secondary N) is 1. The van der Waals surface area contributed by atoms with Crippen LogP contribution in [0.5, 0.6) is 0 Å². The lowest BCUT2D eigenvalue weighted by Gasteiger charge is -2.57. The van der Waals surface area contributed by atoms with E-state index >= 15 is 0 Å². The number of fused-ring (bicyclic) bond motifs is 1. The molecule has 1 aliphatic heterocycles. The lowest BCUT2D eigenvalue weighted by Crippen LogP contribution is -2.61. The number of hydrogen-bond acceptors (Lipinski definition) is 5. The molecule has 5 rings (SSSR count). The number of ether oxygens (including phenoxy) is 1. The summed E-state index contributed by atoms with van der Waals surface area (Å²) in [5, 5.41) is 9.08. The van der Waals surface area contributed by atoms with E-state index < -0.39 is 0 Å². The first-order chi connectivity index (χ1) is 11.2. The maximum absolute atomic E-state index is 6.23. The maximum Gasteiger partial charge on any atom is 0.164 e. The van der Waals surface area contributed by atoms with Crippen molar-refractivity contribution in [3.8, 4) is 0 Å². The molecule has 122 valence electrons. The number of rotatable bonds is 2. The average molecular weight is 378 g/mol. The molecule has 6 nitrogen and oxygen atoms in total. The Morgan fingerprint density at radius 2 is 2.30 bits per heavy atom. The Kier molecular flexibility index (Phi) is 3.01. The molecule has 1 N–H and O–H groups in total. The Labute approximate surface area is 143 Å². The van der Waals surface area contributed by atoms with Crippen LogP contribution in [0.25, 0.3) is 11.0 Å². The highest BCUT2D eigenvalue weighted by Gasteiger charge is 2.62. The number of hydrogen-bond donors (Lipinski definition) is 1. The summed E-state index contributed by atoms with van der Waals surface area (Å²) in [6.07, 6.45) is 7.80. The van der Waals surface area contributed by atoms with Gasteiger partial charge in [-0.2, -0.15) is 5.10 Å². The third-order valence-electron chi connectivity index (χ3n) is 6.16. The van der Waals surface area contributed by atoms with E-state index in [9.17, 15) is 0 Å². The zero-order valence-electron chi connectivity index (χ0n) is 13.1. The largest absolute Gasteiger partial charge is 0.374 e. The molecule has 0 amide bonds. The van der Waals surface area contributed by atoms with E-state index in [0.717, 1.165) is 34.0 Å². The summed E-state index contributed by atoms with van der Waals surface area (Å²) < 4.78 is 8.81. The van der Waals surface area contributed by atoms with Crippen LogP contribution < -0.4 is 5.32 Å². The molecule has 2 aromatic heterocycles. The normalized spacial score (nSPS) is 35.7. The Morgan fingerprint density at radius 1 is 1.39 bits per heavy atom. The smallest absolute Gasteiger partial charge is 0.164 e. The van der Waals surface area contributed by atoms with Crippen molar-refractivity contribution in [2.24, 2.45) is 18.9 Å². The molecule has 2 aliphatic carbocycles. The molecule has 0 bridgehead atoms. The van der Waals surface area contributed by atoms with Gasteiger partial charge in [0.1, 0.15) is 16.7 Å². The Bertz CT molecular complexity index is 777. The fraction of sp³-hybridized carbons (Fsp3) is 0.688. The van der Waals surface area contributed by atoms with Crippen LogP contribution in [-0.4, -0.2) is 38.0 Å². The topological polar surface area (TPSA) is 64.9 Å². The minimum absolute atomic E-state index is 0.161. The molecule has 4 atom stereocenters. The minimum Gasteiger partial charge on any atom is -0.374 e. The predicted octanol–water partition coefficient (Wildman–Crippen LogP) is 2.89. The summed E-state index contributed by atoms with van der Waals surface area (Å²) in [7, 11) is 1.91. The third kappa shape index (κ3) is 1.86. The Morgan fingerprint density at radius 3 is 3.17 bits per heavy atom. The van der Waals surface area contributed by atoms with Crippen molar-refractivity contribution < 1.29 is 4.74 Å². The molecule has 3 aliphatic rings. The highest BCUT2D eigenvalue weighted by atomic mass is 79.9. The van der Waals surface area contributed by atoms with Crippen LogP contribution >= 0.6 is 15.9 Å². The number of aryl methyl sites for hydroxylation is 1. The molecule has 0 radical (unpaired) electrons. The molecular formula is C16H20BrN5O. The second-order valence-electron chi connectivity index (χ2n) is 7.11.